The van der Waals surface area contributed by atoms with Crippen LogP contribution in [0.3, 0.4) is 0 Å². The summed E-state index contributed by atoms with van der Waals surface area (Å²) < 4.78 is 0. The molecule has 0 saturated heterocycles. The minimum atomic E-state index is 0.851. The van der Waals surface area contributed by atoms with E-state index in [1.807, 2.05) is 0 Å². The van der Waals surface area contributed by atoms with Crippen molar-refractivity contribution in [3.8, 4) is 0 Å². The molecule has 6 rings (SSSR count). The summed E-state index contributed by atoms with van der Waals surface area (Å²) in [6.07, 6.45) is 0. The molecule has 0 saturated carbocycles. The van der Waals surface area contributed by atoms with Crippen LogP contribution in [-0.4, -0.2) is 0 Å². The molecule has 0 amide bonds. The molecular weight excluding hydrogens is 276 g/mol. The van der Waals surface area contributed by atoms with Gasteiger partial charge >= 0.3 is 0 Å². The molecule has 0 aromatic heterocycles. The summed E-state index contributed by atoms with van der Waals surface area (Å²) in [6, 6.07) is 19.8. The molecule has 0 bridgehead atoms. The van der Waals surface area contributed by atoms with Crippen LogP contribution >= 0.6 is 11.6 Å². The molecule has 0 spiro atoms. The van der Waals surface area contributed by atoms with E-state index in [9.17, 15) is 0 Å². The highest BCUT2D eigenvalue weighted by molar-refractivity contribution is 6.48. The molecular formula is C20H9Cl. The number of halogens is 1. The SMILES string of the molecule is Clc1cc2ccc3ccc4ccc5ccc1c1c5c4c3c21. The zero-order valence-corrected chi connectivity index (χ0v) is 11.8. The Morgan fingerprint density at radius 2 is 0.905 bits per heavy atom. The molecule has 6 aromatic carbocycles. The molecule has 0 atom stereocenters. The minimum absolute atomic E-state index is 0.851. The molecule has 21 heavy (non-hydrogen) atoms. The normalized spacial score (nSPS) is 13.0. The van der Waals surface area contributed by atoms with Crippen LogP contribution in [0.2, 0.25) is 5.02 Å². The van der Waals surface area contributed by atoms with E-state index in [1.165, 1.54) is 53.9 Å². The monoisotopic (exact) mass is 284 g/mol. The Balaban J connectivity index is 2.25. The molecule has 6 aromatic rings. The summed E-state index contributed by atoms with van der Waals surface area (Å²) >= 11 is 6.53. The number of rotatable bonds is 0. The van der Waals surface area contributed by atoms with Gasteiger partial charge in [0.1, 0.15) is 0 Å². The zero-order valence-electron chi connectivity index (χ0n) is 11.1. The number of benzene rings is 5. The lowest BCUT2D eigenvalue weighted by atomic mass is 10.00. The largest absolute Gasteiger partial charge is 0.0836 e. The van der Waals surface area contributed by atoms with E-state index in [-0.39, 0.29) is 0 Å². The third-order valence-electron chi connectivity index (χ3n) is 4.97. The fourth-order valence-corrected chi connectivity index (χ4v) is 4.40. The van der Waals surface area contributed by atoms with Crippen molar-refractivity contribution in [1.82, 2.24) is 0 Å². The average molecular weight is 285 g/mol. The third kappa shape index (κ3) is 1.01. The highest BCUT2D eigenvalue weighted by Gasteiger charge is 2.20. The van der Waals surface area contributed by atoms with Gasteiger partial charge in [0.05, 0.1) is 0 Å². The van der Waals surface area contributed by atoms with Crippen molar-refractivity contribution in [2.75, 3.05) is 0 Å². The second-order valence-electron chi connectivity index (χ2n) is 5.94. The summed E-state index contributed by atoms with van der Waals surface area (Å²) in [5.41, 5.74) is 0. The first-order chi connectivity index (χ1) is 10.3. The van der Waals surface area contributed by atoms with Crippen molar-refractivity contribution in [2.45, 2.75) is 0 Å². The Morgan fingerprint density at radius 1 is 0.476 bits per heavy atom. The third-order valence-corrected chi connectivity index (χ3v) is 5.28. The Hall–Kier alpha value is -2.31. The Kier molecular flexibility index (Phi) is 1.55. The predicted octanol–water partition coefficient (Wildman–Crippen LogP) is 6.42. The van der Waals surface area contributed by atoms with Crippen molar-refractivity contribution in [1.29, 1.82) is 0 Å². The fraction of sp³-hybridized carbons (Fsp3) is 0. The van der Waals surface area contributed by atoms with Gasteiger partial charge in [-0.3, -0.25) is 0 Å². The van der Waals surface area contributed by atoms with Gasteiger partial charge in [-0.1, -0.05) is 60.1 Å². The molecule has 96 valence electrons. The van der Waals surface area contributed by atoms with Gasteiger partial charge in [-0.05, 0) is 49.2 Å². The van der Waals surface area contributed by atoms with E-state index in [4.69, 9.17) is 11.6 Å². The molecule has 1 heteroatoms. The van der Waals surface area contributed by atoms with Crippen molar-refractivity contribution in [2.24, 2.45) is 0 Å². The van der Waals surface area contributed by atoms with E-state index in [0.717, 1.165) is 5.02 Å². The molecule has 0 radical (unpaired) electrons. The molecule has 0 nitrogen and oxygen atoms in total. The van der Waals surface area contributed by atoms with E-state index in [1.54, 1.807) is 0 Å². The van der Waals surface area contributed by atoms with Crippen LogP contribution in [0, 0.1) is 0 Å². The Morgan fingerprint density at radius 3 is 1.52 bits per heavy atom. The summed E-state index contributed by atoms with van der Waals surface area (Å²) in [5.74, 6) is 0. The lowest BCUT2D eigenvalue weighted by Crippen LogP contribution is -1.78. The first-order valence-electron chi connectivity index (χ1n) is 7.16. The lowest BCUT2D eigenvalue weighted by Gasteiger charge is -2.06. The van der Waals surface area contributed by atoms with E-state index >= 15 is 0 Å². The Bertz CT molecular complexity index is 1240. The summed E-state index contributed by atoms with van der Waals surface area (Å²) in [6.45, 7) is 0. The predicted molar refractivity (Wildman–Crippen MR) is 92.5 cm³/mol. The minimum Gasteiger partial charge on any atom is -0.0836 e. The number of hydrogen-bond donors (Lipinski definition) is 0. The molecule has 0 aliphatic heterocycles. The van der Waals surface area contributed by atoms with Crippen LogP contribution in [0.15, 0.2) is 54.6 Å². The summed E-state index contributed by atoms with van der Waals surface area (Å²) in [7, 11) is 0. The van der Waals surface area contributed by atoms with Gasteiger partial charge in [-0.2, -0.15) is 0 Å². The van der Waals surface area contributed by atoms with Crippen LogP contribution < -0.4 is 0 Å². The van der Waals surface area contributed by atoms with Crippen LogP contribution in [0.25, 0.3) is 53.9 Å². The lowest BCUT2D eigenvalue weighted by molar-refractivity contribution is 1.87. The van der Waals surface area contributed by atoms with Gasteiger partial charge < -0.3 is 0 Å². The zero-order chi connectivity index (χ0) is 13.7. The molecule has 0 N–H and O–H groups in total. The average Bonchev–Trinajstić information content (AvgIpc) is 2.88. The van der Waals surface area contributed by atoms with Gasteiger partial charge in [0.25, 0.3) is 0 Å². The standard InChI is InChI=1S/C20H9Cl/c21-15-9-13-6-5-11-2-1-10-3-4-12-7-8-14(15)20-18(12)16(10)17(11)19(13)20/h1-9H. The first-order valence-corrected chi connectivity index (χ1v) is 7.54. The van der Waals surface area contributed by atoms with Gasteiger partial charge in [0, 0.05) is 15.8 Å². The maximum Gasteiger partial charge on any atom is 0.0491 e. The Labute approximate surface area is 125 Å². The molecule has 0 aliphatic rings. The topological polar surface area (TPSA) is 0 Å². The van der Waals surface area contributed by atoms with Gasteiger partial charge in [-0.15, -0.1) is 0 Å². The van der Waals surface area contributed by atoms with Crippen molar-refractivity contribution < 1.29 is 0 Å². The number of hydrogen-bond acceptors (Lipinski definition) is 0. The van der Waals surface area contributed by atoms with E-state index in [2.05, 4.69) is 54.6 Å². The van der Waals surface area contributed by atoms with Crippen LogP contribution in [0.4, 0.5) is 0 Å². The first kappa shape index (κ1) is 10.4. The smallest absolute Gasteiger partial charge is 0.0491 e. The van der Waals surface area contributed by atoms with Gasteiger partial charge in [0.15, 0.2) is 0 Å². The summed E-state index contributed by atoms with van der Waals surface area (Å²) in [4.78, 5) is 0. The maximum absolute atomic E-state index is 6.53. The van der Waals surface area contributed by atoms with Crippen LogP contribution in [0.1, 0.15) is 0 Å². The molecule has 0 aliphatic carbocycles. The van der Waals surface area contributed by atoms with Crippen LogP contribution in [-0.2, 0) is 0 Å². The van der Waals surface area contributed by atoms with Crippen molar-refractivity contribution >= 4 is 65.5 Å². The van der Waals surface area contributed by atoms with Gasteiger partial charge in [-0.25, -0.2) is 0 Å². The molecule has 0 unspecified atom stereocenters. The molecule has 0 heterocycles. The maximum atomic E-state index is 6.53. The van der Waals surface area contributed by atoms with E-state index < -0.39 is 0 Å². The second kappa shape index (κ2) is 3.13. The highest BCUT2D eigenvalue weighted by Crippen LogP contribution is 2.49. The van der Waals surface area contributed by atoms with Crippen LogP contribution in [0.5, 0.6) is 0 Å². The molecule has 0 fully saturated rings. The fourth-order valence-electron chi connectivity index (χ4n) is 4.13. The van der Waals surface area contributed by atoms with E-state index in [0.29, 0.717) is 0 Å². The van der Waals surface area contributed by atoms with Crippen molar-refractivity contribution in [3.05, 3.63) is 59.6 Å². The highest BCUT2D eigenvalue weighted by atomic mass is 35.5. The van der Waals surface area contributed by atoms with Crippen molar-refractivity contribution in [3.63, 3.8) is 0 Å². The summed E-state index contributed by atoms with van der Waals surface area (Å²) in [5, 5.41) is 14.1. The quantitative estimate of drug-likeness (QED) is 0.282. The van der Waals surface area contributed by atoms with Gasteiger partial charge in [0.2, 0.25) is 0 Å². The second-order valence-corrected chi connectivity index (χ2v) is 6.34.